The number of carboxylic acid groups (broad SMARTS) is 1. The van der Waals surface area contributed by atoms with E-state index in [0.717, 1.165) is 0 Å². The average molecular weight is 272 g/mol. The number of hydrogen-bond acceptors (Lipinski definition) is 5. The first-order valence-corrected chi connectivity index (χ1v) is 5.73. The topological polar surface area (TPSA) is 102 Å². The van der Waals surface area contributed by atoms with Gasteiger partial charge in [0.2, 0.25) is 0 Å². The molecule has 20 heavy (non-hydrogen) atoms. The van der Waals surface area contributed by atoms with Crippen molar-refractivity contribution in [1.82, 2.24) is 0 Å². The van der Waals surface area contributed by atoms with E-state index in [4.69, 9.17) is 15.7 Å². The number of nitrogen functional groups attached to an aromatic ring is 1. The Labute approximate surface area is 114 Å². The highest BCUT2D eigenvalue weighted by Gasteiger charge is 2.15. The number of ether oxygens (including phenoxy) is 1. The number of benzene rings is 2. The molecule has 0 saturated heterocycles. The molecule has 0 spiro atoms. The molecule has 0 radical (unpaired) electrons. The molecule has 0 bridgehead atoms. The van der Waals surface area contributed by atoms with Crippen molar-refractivity contribution in [3.05, 3.63) is 59.7 Å². The molecule has 2 aromatic rings. The van der Waals surface area contributed by atoms with Gasteiger partial charge in [-0.3, -0.25) is 5.84 Å². The van der Waals surface area contributed by atoms with Crippen molar-refractivity contribution < 1.29 is 19.4 Å². The third-order valence-electron chi connectivity index (χ3n) is 2.61. The summed E-state index contributed by atoms with van der Waals surface area (Å²) in [5.74, 6) is 3.43. The molecule has 102 valence electrons. The molecule has 0 aliphatic rings. The maximum absolute atomic E-state index is 11.9. The molecule has 0 saturated carbocycles. The van der Waals surface area contributed by atoms with Gasteiger partial charge in [0.15, 0.2) is 0 Å². The highest BCUT2D eigenvalue weighted by Crippen LogP contribution is 2.19. The Morgan fingerprint density at radius 1 is 1.05 bits per heavy atom. The van der Waals surface area contributed by atoms with Crippen LogP contribution in [0.2, 0.25) is 0 Å². The minimum Gasteiger partial charge on any atom is -0.478 e. The van der Waals surface area contributed by atoms with E-state index in [1.807, 2.05) is 0 Å². The molecule has 2 rings (SSSR count). The van der Waals surface area contributed by atoms with Crippen LogP contribution >= 0.6 is 0 Å². The van der Waals surface area contributed by atoms with E-state index < -0.39 is 11.9 Å². The molecular formula is C14H12N2O4. The number of hydrazine groups is 1. The lowest BCUT2D eigenvalue weighted by atomic mass is 10.2. The predicted molar refractivity (Wildman–Crippen MR) is 72.6 cm³/mol. The summed E-state index contributed by atoms with van der Waals surface area (Å²) in [4.78, 5) is 22.9. The van der Waals surface area contributed by atoms with Crippen LogP contribution in [0.25, 0.3) is 0 Å². The SMILES string of the molecule is NNc1ccc(C(=O)Oc2ccccc2C(=O)O)cc1. The van der Waals surface area contributed by atoms with Crippen LogP contribution in [0.5, 0.6) is 5.75 Å². The Hall–Kier alpha value is -2.86. The smallest absolute Gasteiger partial charge is 0.343 e. The zero-order valence-electron chi connectivity index (χ0n) is 10.4. The van der Waals surface area contributed by atoms with Gasteiger partial charge >= 0.3 is 11.9 Å². The summed E-state index contributed by atoms with van der Waals surface area (Å²) < 4.78 is 5.09. The monoisotopic (exact) mass is 272 g/mol. The average Bonchev–Trinajstić information content (AvgIpc) is 2.47. The lowest BCUT2D eigenvalue weighted by Gasteiger charge is -2.07. The van der Waals surface area contributed by atoms with Crippen LogP contribution in [0.1, 0.15) is 20.7 Å². The third kappa shape index (κ3) is 2.93. The van der Waals surface area contributed by atoms with E-state index in [2.05, 4.69) is 5.43 Å². The van der Waals surface area contributed by atoms with Crippen molar-refractivity contribution in [2.75, 3.05) is 5.43 Å². The first-order valence-electron chi connectivity index (χ1n) is 5.73. The van der Waals surface area contributed by atoms with Crippen molar-refractivity contribution in [1.29, 1.82) is 0 Å². The molecule has 0 unspecified atom stereocenters. The van der Waals surface area contributed by atoms with Crippen molar-refractivity contribution in [2.45, 2.75) is 0 Å². The van der Waals surface area contributed by atoms with E-state index in [1.165, 1.54) is 24.3 Å². The number of hydrogen-bond donors (Lipinski definition) is 3. The first-order chi connectivity index (χ1) is 9.61. The van der Waals surface area contributed by atoms with E-state index in [-0.39, 0.29) is 11.3 Å². The summed E-state index contributed by atoms with van der Waals surface area (Å²) in [6.45, 7) is 0. The van der Waals surface area contributed by atoms with Gasteiger partial charge in [0.05, 0.1) is 5.56 Å². The number of rotatable bonds is 4. The number of carbonyl (C=O) groups is 2. The first kappa shape index (κ1) is 13.6. The van der Waals surface area contributed by atoms with Crippen molar-refractivity contribution >= 4 is 17.6 Å². The van der Waals surface area contributed by atoms with Crippen LogP contribution in [0, 0.1) is 0 Å². The lowest BCUT2D eigenvalue weighted by Crippen LogP contribution is -2.12. The molecule has 2 aromatic carbocycles. The minimum atomic E-state index is -1.16. The standard InChI is InChI=1S/C14H12N2O4/c15-16-10-7-5-9(6-8-10)14(19)20-12-4-2-1-3-11(12)13(17)18/h1-8,16H,15H2,(H,17,18). The van der Waals surface area contributed by atoms with Gasteiger partial charge in [-0.1, -0.05) is 12.1 Å². The highest BCUT2D eigenvalue weighted by atomic mass is 16.5. The number of anilines is 1. The Balaban J connectivity index is 2.21. The van der Waals surface area contributed by atoms with Gasteiger partial charge in [-0.15, -0.1) is 0 Å². The van der Waals surface area contributed by atoms with Gasteiger partial charge in [-0.2, -0.15) is 0 Å². The summed E-state index contributed by atoms with van der Waals surface area (Å²) in [6.07, 6.45) is 0. The van der Waals surface area contributed by atoms with Gasteiger partial charge in [-0.05, 0) is 36.4 Å². The molecule has 0 fully saturated rings. The Bertz CT molecular complexity index is 638. The van der Waals surface area contributed by atoms with Crippen molar-refractivity contribution in [3.8, 4) is 5.75 Å². The second-order valence-electron chi connectivity index (χ2n) is 3.91. The largest absolute Gasteiger partial charge is 0.478 e. The number of aromatic carboxylic acids is 1. The maximum Gasteiger partial charge on any atom is 0.343 e. The molecule has 0 atom stereocenters. The molecule has 4 N–H and O–H groups in total. The van der Waals surface area contributed by atoms with Gasteiger partial charge in [0.25, 0.3) is 0 Å². The van der Waals surface area contributed by atoms with Gasteiger partial charge in [-0.25, -0.2) is 9.59 Å². The Kier molecular flexibility index (Phi) is 3.97. The fraction of sp³-hybridized carbons (Fsp3) is 0. The van der Waals surface area contributed by atoms with E-state index >= 15 is 0 Å². The number of esters is 1. The summed E-state index contributed by atoms with van der Waals surface area (Å²) >= 11 is 0. The number of para-hydroxylation sites is 1. The third-order valence-corrected chi connectivity index (χ3v) is 2.61. The second kappa shape index (κ2) is 5.85. The molecule has 6 heteroatoms. The highest BCUT2D eigenvalue weighted by molar-refractivity contribution is 5.95. The Morgan fingerprint density at radius 2 is 1.70 bits per heavy atom. The molecular weight excluding hydrogens is 260 g/mol. The number of nitrogens with one attached hydrogen (secondary N) is 1. The summed E-state index contributed by atoms with van der Waals surface area (Å²) in [6, 6.07) is 12.2. The quantitative estimate of drug-likeness (QED) is 0.340. The molecule has 6 nitrogen and oxygen atoms in total. The molecule has 0 aliphatic heterocycles. The zero-order valence-corrected chi connectivity index (χ0v) is 10.4. The van der Waals surface area contributed by atoms with Crippen LogP contribution in [0.15, 0.2) is 48.5 Å². The summed E-state index contributed by atoms with van der Waals surface area (Å²) in [7, 11) is 0. The lowest BCUT2D eigenvalue weighted by molar-refractivity contribution is 0.0681. The molecule has 0 aliphatic carbocycles. The number of nitrogens with two attached hydrogens (primary N) is 1. The second-order valence-corrected chi connectivity index (χ2v) is 3.91. The molecule has 0 amide bonds. The maximum atomic E-state index is 11.9. The molecule has 0 aromatic heterocycles. The normalized spacial score (nSPS) is 9.85. The van der Waals surface area contributed by atoms with E-state index in [1.54, 1.807) is 24.3 Å². The Morgan fingerprint density at radius 3 is 2.30 bits per heavy atom. The minimum absolute atomic E-state index is 0.00558. The van der Waals surface area contributed by atoms with Crippen LogP contribution in [-0.4, -0.2) is 17.0 Å². The van der Waals surface area contributed by atoms with Crippen molar-refractivity contribution in [3.63, 3.8) is 0 Å². The summed E-state index contributed by atoms with van der Waals surface area (Å²) in [5.41, 5.74) is 3.31. The van der Waals surface area contributed by atoms with Crippen molar-refractivity contribution in [2.24, 2.45) is 5.84 Å². The van der Waals surface area contributed by atoms with Gasteiger partial charge < -0.3 is 15.3 Å². The van der Waals surface area contributed by atoms with Crippen LogP contribution < -0.4 is 16.0 Å². The predicted octanol–water partition coefficient (Wildman–Crippen LogP) is 1.89. The van der Waals surface area contributed by atoms with Gasteiger partial charge in [0.1, 0.15) is 11.3 Å². The summed E-state index contributed by atoms with van der Waals surface area (Å²) in [5, 5.41) is 9.00. The zero-order chi connectivity index (χ0) is 14.5. The fourth-order valence-electron chi connectivity index (χ4n) is 1.59. The van der Waals surface area contributed by atoms with Crippen LogP contribution in [0.4, 0.5) is 5.69 Å². The van der Waals surface area contributed by atoms with E-state index in [0.29, 0.717) is 11.3 Å². The van der Waals surface area contributed by atoms with Crippen LogP contribution in [0.3, 0.4) is 0 Å². The number of carbonyl (C=O) groups excluding carboxylic acids is 1. The van der Waals surface area contributed by atoms with Gasteiger partial charge in [0, 0.05) is 5.69 Å². The van der Waals surface area contributed by atoms with Crippen LogP contribution in [-0.2, 0) is 0 Å². The molecule has 0 heterocycles. The fourth-order valence-corrected chi connectivity index (χ4v) is 1.59. The van der Waals surface area contributed by atoms with E-state index in [9.17, 15) is 9.59 Å². The number of carboxylic acids is 1.